The van der Waals surface area contributed by atoms with Crippen molar-refractivity contribution in [1.82, 2.24) is 18.9 Å². The number of hydrogen-bond acceptors (Lipinski definition) is 6. The molecule has 0 bridgehead atoms. The lowest BCUT2D eigenvalue weighted by atomic mass is 9.97. The molecule has 31 heavy (non-hydrogen) atoms. The van der Waals surface area contributed by atoms with Crippen LogP contribution in [0.1, 0.15) is 47.8 Å². The van der Waals surface area contributed by atoms with Crippen molar-refractivity contribution in [2.75, 3.05) is 13.1 Å². The normalized spacial score (nSPS) is 13.1. The van der Waals surface area contributed by atoms with Gasteiger partial charge in [0.2, 0.25) is 10.0 Å². The molecule has 0 aliphatic heterocycles. The average Bonchev–Trinajstić information content (AvgIpc) is 3.13. The van der Waals surface area contributed by atoms with E-state index in [1.807, 2.05) is 53.7 Å². The number of pyridine rings is 1. The predicted molar refractivity (Wildman–Crippen MR) is 123 cm³/mol. The monoisotopic (exact) mass is 460 g/mol. The van der Waals surface area contributed by atoms with Crippen LogP contribution >= 0.6 is 11.8 Å². The van der Waals surface area contributed by atoms with Gasteiger partial charge in [0, 0.05) is 24.8 Å². The highest BCUT2D eigenvalue weighted by atomic mass is 32.2. The predicted octanol–water partition coefficient (Wildman–Crippen LogP) is 4.05. The number of carbonyl (C=O) groups excluding carboxylic acids is 1. The molecule has 3 rings (SSSR count). The van der Waals surface area contributed by atoms with Crippen LogP contribution in [0, 0.1) is 20.8 Å². The highest BCUT2D eigenvalue weighted by molar-refractivity contribution is 8.00. The van der Waals surface area contributed by atoms with E-state index in [2.05, 4.69) is 10.2 Å². The number of ketones is 1. The summed E-state index contributed by atoms with van der Waals surface area (Å²) in [6.45, 7) is 12.2. The van der Waals surface area contributed by atoms with Gasteiger partial charge < -0.3 is 0 Å². The summed E-state index contributed by atoms with van der Waals surface area (Å²) in [4.78, 5) is 13.3. The van der Waals surface area contributed by atoms with E-state index < -0.39 is 15.3 Å². The zero-order valence-electron chi connectivity index (χ0n) is 18.7. The lowest BCUT2D eigenvalue weighted by Gasteiger charge is -2.18. The van der Waals surface area contributed by atoms with Crippen LogP contribution in [-0.4, -0.2) is 51.4 Å². The minimum absolute atomic E-state index is 0.00858. The van der Waals surface area contributed by atoms with E-state index in [-0.39, 0.29) is 10.7 Å². The Hall–Kier alpha value is -2.23. The number of hydrogen-bond donors (Lipinski definition) is 0. The number of nitrogens with zero attached hydrogens (tertiary/aromatic N) is 4. The topological polar surface area (TPSA) is 84.6 Å². The molecule has 3 aromatic rings. The Morgan fingerprint density at radius 1 is 1.06 bits per heavy atom. The van der Waals surface area contributed by atoms with Crippen molar-refractivity contribution in [2.24, 2.45) is 0 Å². The molecule has 0 spiro atoms. The molecule has 0 saturated heterocycles. The Balaban J connectivity index is 1.93. The second-order valence-corrected chi connectivity index (χ2v) is 10.8. The molecule has 1 unspecified atom stereocenters. The smallest absolute Gasteiger partial charge is 0.244 e. The number of sulfonamides is 1. The summed E-state index contributed by atoms with van der Waals surface area (Å²) in [5.41, 5.74) is 4.40. The van der Waals surface area contributed by atoms with Gasteiger partial charge in [0.1, 0.15) is 0 Å². The molecule has 0 amide bonds. The standard InChI is InChI=1S/C22H28N4O3S2/c1-7-25(8-2)31(28,29)18-9-10-20-23-24-22(26(20)13-18)30-17(6)21(27)19-12-15(4)14(3)11-16(19)5/h9-13,17H,7-8H2,1-6H3. The van der Waals surface area contributed by atoms with Crippen LogP contribution in [0.2, 0.25) is 0 Å². The third-order valence-electron chi connectivity index (χ3n) is 5.44. The van der Waals surface area contributed by atoms with Crippen molar-refractivity contribution >= 4 is 33.2 Å². The van der Waals surface area contributed by atoms with E-state index >= 15 is 0 Å². The Bertz CT molecular complexity index is 1230. The van der Waals surface area contributed by atoms with Crippen LogP contribution in [0.5, 0.6) is 0 Å². The largest absolute Gasteiger partial charge is 0.293 e. The average molecular weight is 461 g/mol. The maximum atomic E-state index is 13.1. The summed E-state index contributed by atoms with van der Waals surface area (Å²) in [5.74, 6) is 0.00858. The van der Waals surface area contributed by atoms with Crippen LogP contribution in [-0.2, 0) is 10.0 Å². The van der Waals surface area contributed by atoms with Crippen molar-refractivity contribution in [2.45, 2.75) is 56.8 Å². The lowest BCUT2D eigenvalue weighted by molar-refractivity contribution is 0.0993. The van der Waals surface area contributed by atoms with E-state index in [4.69, 9.17) is 0 Å². The second kappa shape index (κ2) is 9.10. The molecule has 7 nitrogen and oxygen atoms in total. The summed E-state index contributed by atoms with van der Waals surface area (Å²) in [7, 11) is -3.61. The number of Topliss-reactive ketones (excluding diaryl/α,β-unsaturated/α-hetero) is 1. The number of aryl methyl sites for hydroxylation is 3. The summed E-state index contributed by atoms with van der Waals surface area (Å²) in [5, 5.41) is 8.39. The molecule has 9 heteroatoms. The molecule has 0 N–H and O–H groups in total. The number of aromatic nitrogens is 3. The van der Waals surface area contributed by atoms with Crippen LogP contribution < -0.4 is 0 Å². The van der Waals surface area contributed by atoms with Crippen LogP contribution in [0.25, 0.3) is 5.65 Å². The van der Waals surface area contributed by atoms with Crippen LogP contribution in [0.3, 0.4) is 0 Å². The molecular formula is C22H28N4O3S2. The van der Waals surface area contributed by atoms with Gasteiger partial charge in [0.25, 0.3) is 0 Å². The molecule has 1 aromatic carbocycles. The van der Waals surface area contributed by atoms with Crippen molar-refractivity contribution in [3.8, 4) is 0 Å². The molecule has 2 aromatic heterocycles. The quantitative estimate of drug-likeness (QED) is 0.372. The van der Waals surface area contributed by atoms with E-state index in [9.17, 15) is 13.2 Å². The third kappa shape index (κ3) is 4.53. The molecule has 0 aliphatic carbocycles. The fraction of sp³-hybridized carbons (Fsp3) is 0.409. The highest BCUT2D eigenvalue weighted by Gasteiger charge is 2.25. The van der Waals surface area contributed by atoms with Gasteiger partial charge in [-0.2, -0.15) is 4.31 Å². The lowest BCUT2D eigenvalue weighted by Crippen LogP contribution is -2.30. The number of carbonyl (C=O) groups is 1. The van der Waals surface area contributed by atoms with Gasteiger partial charge in [-0.1, -0.05) is 31.7 Å². The van der Waals surface area contributed by atoms with E-state index in [1.165, 1.54) is 22.3 Å². The molecule has 0 saturated carbocycles. The molecule has 0 fully saturated rings. The first-order chi connectivity index (χ1) is 14.6. The first-order valence-electron chi connectivity index (χ1n) is 10.2. The van der Waals surface area contributed by atoms with Gasteiger partial charge in [-0.25, -0.2) is 8.42 Å². The fourth-order valence-corrected chi connectivity index (χ4v) is 5.81. The molecule has 0 radical (unpaired) electrons. The number of benzene rings is 1. The molecule has 2 heterocycles. The van der Waals surface area contributed by atoms with Gasteiger partial charge >= 0.3 is 0 Å². The summed E-state index contributed by atoms with van der Waals surface area (Å²) in [6.07, 6.45) is 1.53. The summed E-state index contributed by atoms with van der Waals surface area (Å²) >= 11 is 1.27. The van der Waals surface area contributed by atoms with Crippen LogP contribution in [0.4, 0.5) is 0 Å². The van der Waals surface area contributed by atoms with Crippen LogP contribution in [0.15, 0.2) is 40.5 Å². The number of thioether (sulfide) groups is 1. The first kappa shape index (κ1) is 23.4. The molecule has 0 aliphatic rings. The van der Waals surface area contributed by atoms with Crippen molar-refractivity contribution in [3.63, 3.8) is 0 Å². The van der Waals surface area contributed by atoms with E-state index in [0.29, 0.717) is 29.5 Å². The van der Waals surface area contributed by atoms with Gasteiger partial charge in [0.15, 0.2) is 16.6 Å². The minimum Gasteiger partial charge on any atom is -0.293 e. The summed E-state index contributed by atoms with van der Waals surface area (Å²) in [6, 6.07) is 7.13. The van der Waals surface area contributed by atoms with Gasteiger partial charge in [-0.15, -0.1) is 10.2 Å². The van der Waals surface area contributed by atoms with Crippen molar-refractivity contribution < 1.29 is 13.2 Å². The first-order valence-corrected chi connectivity index (χ1v) is 12.6. The zero-order chi connectivity index (χ0) is 22.9. The zero-order valence-corrected chi connectivity index (χ0v) is 20.3. The van der Waals surface area contributed by atoms with Gasteiger partial charge in [-0.05, 0) is 62.6 Å². The van der Waals surface area contributed by atoms with E-state index in [1.54, 1.807) is 16.5 Å². The van der Waals surface area contributed by atoms with Gasteiger partial charge in [0.05, 0.1) is 10.1 Å². The fourth-order valence-electron chi connectivity index (χ4n) is 3.45. The van der Waals surface area contributed by atoms with Gasteiger partial charge in [-0.3, -0.25) is 9.20 Å². The maximum absolute atomic E-state index is 13.1. The maximum Gasteiger partial charge on any atom is 0.244 e. The molecular weight excluding hydrogens is 432 g/mol. The second-order valence-electron chi connectivity index (χ2n) is 7.54. The highest BCUT2D eigenvalue weighted by Crippen LogP contribution is 2.28. The van der Waals surface area contributed by atoms with E-state index in [0.717, 1.165) is 16.7 Å². The Morgan fingerprint density at radius 2 is 1.71 bits per heavy atom. The minimum atomic E-state index is -3.61. The number of fused-ring (bicyclic) bond motifs is 1. The number of rotatable bonds is 8. The third-order valence-corrected chi connectivity index (χ3v) is 8.53. The SMILES string of the molecule is CCN(CC)S(=O)(=O)c1ccc2nnc(SC(C)C(=O)c3cc(C)c(C)cc3C)n2c1. The Kier molecular flexibility index (Phi) is 6.88. The Morgan fingerprint density at radius 3 is 2.35 bits per heavy atom. The molecule has 1 atom stereocenters. The molecule has 166 valence electrons. The summed E-state index contributed by atoms with van der Waals surface area (Å²) < 4.78 is 28.8. The van der Waals surface area contributed by atoms with Crippen molar-refractivity contribution in [1.29, 1.82) is 0 Å². The Labute approximate surface area is 187 Å². The van der Waals surface area contributed by atoms with Crippen molar-refractivity contribution in [3.05, 3.63) is 52.7 Å².